The van der Waals surface area contributed by atoms with Crippen molar-refractivity contribution in [1.82, 2.24) is 4.57 Å². The summed E-state index contributed by atoms with van der Waals surface area (Å²) in [6, 6.07) is 16.8. The normalized spacial score (nSPS) is 15.4. The van der Waals surface area contributed by atoms with Crippen molar-refractivity contribution in [2.45, 2.75) is 18.9 Å². The molecule has 0 aliphatic carbocycles. The van der Waals surface area contributed by atoms with Crippen LogP contribution in [0.4, 0.5) is 10.1 Å². The van der Waals surface area contributed by atoms with Crippen molar-refractivity contribution in [3.8, 4) is 0 Å². The van der Waals surface area contributed by atoms with Gasteiger partial charge in [0.1, 0.15) is 5.82 Å². The second kappa shape index (κ2) is 7.12. The molecular formula is C21H16BrFN2O2. The van der Waals surface area contributed by atoms with E-state index >= 15 is 0 Å². The Balaban J connectivity index is 1.57. The third-order valence-corrected chi connectivity index (χ3v) is 5.44. The Morgan fingerprint density at radius 3 is 2.59 bits per heavy atom. The summed E-state index contributed by atoms with van der Waals surface area (Å²) in [6.07, 6.45) is 0.621. The molecule has 136 valence electrons. The number of aromatic nitrogens is 1. The first kappa shape index (κ1) is 17.7. The van der Waals surface area contributed by atoms with Gasteiger partial charge in [-0.25, -0.2) is 4.39 Å². The van der Waals surface area contributed by atoms with Gasteiger partial charge in [0.2, 0.25) is 11.7 Å². The van der Waals surface area contributed by atoms with Crippen LogP contribution in [0.5, 0.6) is 0 Å². The predicted molar refractivity (Wildman–Crippen MR) is 104 cm³/mol. The van der Waals surface area contributed by atoms with Crippen molar-refractivity contribution in [2.75, 3.05) is 5.32 Å². The van der Waals surface area contributed by atoms with Crippen LogP contribution in [0.15, 0.2) is 65.1 Å². The number of benzene rings is 2. The van der Waals surface area contributed by atoms with Gasteiger partial charge in [-0.3, -0.25) is 9.59 Å². The molecule has 1 atom stereocenters. The maximum Gasteiger partial charge on any atom is 0.233 e. The van der Waals surface area contributed by atoms with Crippen LogP contribution in [0.2, 0.25) is 0 Å². The minimum absolute atomic E-state index is 0.0517. The Kier molecular flexibility index (Phi) is 4.66. The Labute approximate surface area is 164 Å². The lowest BCUT2D eigenvalue weighted by molar-refractivity contribution is -0.117. The SMILES string of the molecule is O=C(c1ccccc1)c1ccc2n1CC[C@H]2C(=O)Nc1ccc(F)cc1Br. The summed E-state index contributed by atoms with van der Waals surface area (Å²) in [4.78, 5) is 25.5. The first-order valence-corrected chi connectivity index (χ1v) is 9.39. The number of nitrogens with zero attached hydrogens (tertiary/aromatic N) is 1. The van der Waals surface area contributed by atoms with E-state index in [0.717, 1.165) is 5.69 Å². The highest BCUT2D eigenvalue weighted by Crippen LogP contribution is 2.33. The molecule has 0 bridgehead atoms. The molecule has 0 spiro atoms. The molecule has 1 aliphatic heterocycles. The van der Waals surface area contributed by atoms with E-state index in [2.05, 4.69) is 21.2 Å². The summed E-state index contributed by atoms with van der Waals surface area (Å²) in [7, 11) is 0. The molecule has 1 aliphatic rings. The summed E-state index contributed by atoms with van der Waals surface area (Å²) in [5, 5.41) is 2.84. The average Bonchev–Trinajstić information content (AvgIpc) is 3.26. The number of ketones is 1. The number of rotatable bonds is 4. The highest BCUT2D eigenvalue weighted by atomic mass is 79.9. The molecule has 0 fully saturated rings. The lowest BCUT2D eigenvalue weighted by atomic mass is 10.0. The van der Waals surface area contributed by atoms with Gasteiger partial charge in [-0.2, -0.15) is 0 Å². The van der Waals surface area contributed by atoms with Crippen LogP contribution < -0.4 is 5.32 Å². The molecule has 6 heteroatoms. The fraction of sp³-hybridized carbons (Fsp3) is 0.143. The van der Waals surface area contributed by atoms with Crippen molar-refractivity contribution >= 4 is 33.3 Å². The van der Waals surface area contributed by atoms with Crippen LogP contribution in [0.1, 0.15) is 34.1 Å². The number of nitrogens with one attached hydrogen (secondary N) is 1. The maximum atomic E-state index is 13.2. The van der Waals surface area contributed by atoms with Crippen LogP contribution in [0.25, 0.3) is 0 Å². The lowest BCUT2D eigenvalue weighted by Gasteiger charge is -2.12. The second-order valence-corrected chi connectivity index (χ2v) is 7.30. The zero-order valence-corrected chi connectivity index (χ0v) is 15.9. The van der Waals surface area contributed by atoms with Crippen LogP contribution in [-0.4, -0.2) is 16.3 Å². The smallest absolute Gasteiger partial charge is 0.233 e. The third-order valence-electron chi connectivity index (χ3n) is 4.79. The fourth-order valence-electron chi connectivity index (χ4n) is 3.46. The number of carbonyl (C=O) groups excluding carboxylic acids is 2. The third kappa shape index (κ3) is 3.32. The molecule has 3 aromatic rings. The van der Waals surface area contributed by atoms with E-state index < -0.39 is 0 Å². The number of fused-ring (bicyclic) bond motifs is 1. The topological polar surface area (TPSA) is 51.1 Å². The van der Waals surface area contributed by atoms with E-state index in [0.29, 0.717) is 34.4 Å². The van der Waals surface area contributed by atoms with Crippen LogP contribution >= 0.6 is 15.9 Å². The van der Waals surface area contributed by atoms with Crippen molar-refractivity contribution in [3.05, 3.63) is 87.9 Å². The summed E-state index contributed by atoms with van der Waals surface area (Å²) >= 11 is 3.26. The summed E-state index contributed by atoms with van der Waals surface area (Å²) < 4.78 is 15.6. The number of hydrogen-bond acceptors (Lipinski definition) is 2. The van der Waals surface area contributed by atoms with Gasteiger partial charge in [-0.1, -0.05) is 30.3 Å². The summed E-state index contributed by atoms with van der Waals surface area (Å²) in [5.74, 6) is -0.944. The van der Waals surface area contributed by atoms with E-state index in [1.165, 1.54) is 18.2 Å². The Hall–Kier alpha value is -2.73. The molecule has 0 saturated heterocycles. The van der Waals surface area contributed by atoms with E-state index in [4.69, 9.17) is 0 Å². The molecule has 1 aromatic heterocycles. The molecular weight excluding hydrogens is 411 g/mol. The van der Waals surface area contributed by atoms with E-state index in [-0.39, 0.29) is 23.4 Å². The van der Waals surface area contributed by atoms with Crippen LogP contribution in [0.3, 0.4) is 0 Å². The predicted octanol–water partition coefficient (Wildman–Crippen LogP) is 4.75. The first-order chi connectivity index (χ1) is 13.0. The molecule has 4 rings (SSSR count). The standard InChI is InChI=1S/C21H16BrFN2O2/c22-16-12-14(23)6-7-17(16)24-21(27)15-10-11-25-18(15)8-9-19(25)20(26)13-4-2-1-3-5-13/h1-9,12,15H,10-11H2,(H,24,27)/t15-/m1/s1. The van der Waals surface area contributed by atoms with Gasteiger partial charge < -0.3 is 9.88 Å². The molecule has 2 aromatic carbocycles. The van der Waals surface area contributed by atoms with Crippen molar-refractivity contribution in [3.63, 3.8) is 0 Å². The number of amides is 1. The van der Waals surface area contributed by atoms with Gasteiger partial charge in [0.15, 0.2) is 0 Å². The Morgan fingerprint density at radius 2 is 1.85 bits per heavy atom. The number of halogens is 2. The maximum absolute atomic E-state index is 13.2. The molecule has 0 saturated carbocycles. The van der Waals surface area contributed by atoms with Crippen molar-refractivity contribution in [1.29, 1.82) is 0 Å². The molecule has 2 heterocycles. The molecule has 0 unspecified atom stereocenters. The molecule has 4 nitrogen and oxygen atoms in total. The highest BCUT2D eigenvalue weighted by molar-refractivity contribution is 9.10. The van der Waals surface area contributed by atoms with Crippen molar-refractivity contribution < 1.29 is 14.0 Å². The lowest BCUT2D eigenvalue weighted by Crippen LogP contribution is -2.19. The van der Waals surface area contributed by atoms with Gasteiger partial charge >= 0.3 is 0 Å². The van der Waals surface area contributed by atoms with Crippen molar-refractivity contribution in [2.24, 2.45) is 0 Å². The first-order valence-electron chi connectivity index (χ1n) is 8.59. The van der Waals surface area contributed by atoms with Gasteiger partial charge in [-0.05, 0) is 52.7 Å². The molecule has 1 N–H and O–H groups in total. The largest absolute Gasteiger partial charge is 0.341 e. The molecule has 0 radical (unpaired) electrons. The average molecular weight is 427 g/mol. The highest BCUT2D eigenvalue weighted by Gasteiger charge is 2.32. The molecule has 1 amide bonds. The number of anilines is 1. The van der Waals surface area contributed by atoms with E-state index in [1.54, 1.807) is 18.2 Å². The Bertz CT molecular complexity index is 1030. The monoisotopic (exact) mass is 426 g/mol. The number of carbonyl (C=O) groups is 2. The molecule has 27 heavy (non-hydrogen) atoms. The quantitative estimate of drug-likeness (QED) is 0.612. The van der Waals surface area contributed by atoms with Crippen LogP contribution in [-0.2, 0) is 11.3 Å². The summed E-state index contributed by atoms with van der Waals surface area (Å²) in [5.41, 5.74) is 2.56. The summed E-state index contributed by atoms with van der Waals surface area (Å²) in [6.45, 7) is 0.610. The van der Waals surface area contributed by atoms with Gasteiger partial charge in [-0.15, -0.1) is 0 Å². The Morgan fingerprint density at radius 1 is 1.07 bits per heavy atom. The van der Waals surface area contributed by atoms with Gasteiger partial charge in [0, 0.05) is 22.3 Å². The zero-order valence-electron chi connectivity index (χ0n) is 14.3. The number of hydrogen-bond donors (Lipinski definition) is 1. The second-order valence-electron chi connectivity index (χ2n) is 6.44. The minimum atomic E-state index is -0.376. The minimum Gasteiger partial charge on any atom is -0.341 e. The van der Waals surface area contributed by atoms with E-state index in [9.17, 15) is 14.0 Å². The van der Waals surface area contributed by atoms with Crippen LogP contribution in [0, 0.1) is 5.82 Å². The fourth-order valence-corrected chi connectivity index (χ4v) is 3.91. The van der Waals surface area contributed by atoms with Gasteiger partial charge in [0.25, 0.3) is 0 Å². The van der Waals surface area contributed by atoms with E-state index in [1.807, 2.05) is 28.8 Å². The van der Waals surface area contributed by atoms with Gasteiger partial charge in [0.05, 0.1) is 17.3 Å². The zero-order chi connectivity index (χ0) is 19.0.